The molecule has 3 rings (SSSR count). The molecule has 0 radical (unpaired) electrons. The minimum atomic E-state index is -0.0694. The van der Waals surface area contributed by atoms with Gasteiger partial charge in [-0.1, -0.05) is 6.92 Å². The van der Waals surface area contributed by atoms with Crippen LogP contribution in [0, 0.1) is 25.7 Å². The van der Waals surface area contributed by atoms with Gasteiger partial charge in [-0.2, -0.15) is 0 Å². The number of hydrogen-bond acceptors (Lipinski definition) is 3. The smallest absolute Gasteiger partial charge is 0.309 e. The lowest BCUT2D eigenvalue weighted by atomic mass is 9.74. The summed E-state index contributed by atoms with van der Waals surface area (Å²) in [6.45, 7) is 6.16. The van der Waals surface area contributed by atoms with Gasteiger partial charge in [0.1, 0.15) is 11.9 Å². The highest BCUT2D eigenvalue weighted by Gasteiger charge is 2.46. The first-order chi connectivity index (χ1) is 9.04. The van der Waals surface area contributed by atoms with E-state index in [4.69, 9.17) is 9.47 Å². The Bertz CT molecular complexity index is 547. The summed E-state index contributed by atoms with van der Waals surface area (Å²) in [4.78, 5) is 11.8. The third-order valence-corrected chi connectivity index (χ3v) is 4.80. The predicted octanol–water partition coefficient (Wildman–Crippen LogP) is 3.11. The van der Waals surface area contributed by atoms with Crippen molar-refractivity contribution in [2.45, 2.75) is 39.7 Å². The summed E-state index contributed by atoms with van der Waals surface area (Å²) in [7, 11) is 1.69. The Labute approximate surface area is 113 Å². The molecule has 19 heavy (non-hydrogen) atoms. The summed E-state index contributed by atoms with van der Waals surface area (Å²) >= 11 is 0. The molecular formula is C16H20O3. The molecule has 1 heterocycles. The van der Waals surface area contributed by atoms with Crippen molar-refractivity contribution in [3.63, 3.8) is 0 Å². The molecule has 0 bridgehead atoms. The molecule has 0 aromatic heterocycles. The number of ether oxygens (including phenoxy) is 2. The lowest BCUT2D eigenvalue weighted by molar-refractivity contribution is -0.144. The van der Waals surface area contributed by atoms with Crippen LogP contribution >= 0.6 is 0 Å². The van der Waals surface area contributed by atoms with Crippen LogP contribution in [0.3, 0.4) is 0 Å². The summed E-state index contributed by atoms with van der Waals surface area (Å²) in [5.74, 6) is 1.18. The lowest BCUT2D eigenvalue weighted by Crippen LogP contribution is -2.22. The van der Waals surface area contributed by atoms with E-state index in [1.807, 2.05) is 6.92 Å². The zero-order chi connectivity index (χ0) is 13.7. The second kappa shape index (κ2) is 4.26. The fourth-order valence-corrected chi connectivity index (χ4v) is 3.63. The number of methoxy groups -OCH3 is 1. The molecule has 1 aliphatic carbocycles. The molecule has 2 aliphatic rings. The molecule has 0 unspecified atom stereocenters. The van der Waals surface area contributed by atoms with Crippen LogP contribution in [0.15, 0.2) is 6.07 Å². The van der Waals surface area contributed by atoms with Gasteiger partial charge in [0.2, 0.25) is 0 Å². The van der Waals surface area contributed by atoms with Crippen LogP contribution in [-0.2, 0) is 16.0 Å². The molecular weight excluding hydrogens is 240 g/mol. The van der Waals surface area contributed by atoms with Crippen LogP contribution < -0.4 is 4.74 Å². The van der Waals surface area contributed by atoms with Crippen molar-refractivity contribution in [1.82, 2.24) is 0 Å². The Morgan fingerprint density at radius 3 is 2.79 bits per heavy atom. The molecule has 102 valence electrons. The third kappa shape index (κ3) is 1.67. The Morgan fingerprint density at radius 2 is 2.11 bits per heavy atom. The van der Waals surface area contributed by atoms with Crippen LogP contribution in [0.4, 0.5) is 0 Å². The molecule has 3 atom stereocenters. The van der Waals surface area contributed by atoms with E-state index in [9.17, 15) is 4.79 Å². The van der Waals surface area contributed by atoms with E-state index < -0.39 is 0 Å². The highest BCUT2D eigenvalue weighted by Crippen LogP contribution is 2.49. The van der Waals surface area contributed by atoms with E-state index in [0.29, 0.717) is 5.92 Å². The largest absolute Gasteiger partial charge is 0.496 e. The Morgan fingerprint density at radius 1 is 1.37 bits per heavy atom. The number of esters is 1. The van der Waals surface area contributed by atoms with E-state index in [1.165, 1.54) is 16.7 Å². The second-order valence-electron chi connectivity index (χ2n) is 5.76. The van der Waals surface area contributed by atoms with Crippen LogP contribution in [0.1, 0.15) is 41.7 Å². The fraction of sp³-hybridized carbons (Fsp3) is 0.562. The van der Waals surface area contributed by atoms with Gasteiger partial charge in [-0.05, 0) is 49.4 Å². The molecule has 0 spiro atoms. The zero-order valence-electron chi connectivity index (χ0n) is 11.9. The van der Waals surface area contributed by atoms with Crippen LogP contribution in [0.25, 0.3) is 0 Å². The van der Waals surface area contributed by atoms with Gasteiger partial charge >= 0.3 is 5.97 Å². The molecule has 0 amide bonds. The van der Waals surface area contributed by atoms with Gasteiger partial charge in [-0.25, -0.2) is 0 Å². The summed E-state index contributed by atoms with van der Waals surface area (Å²) in [6.07, 6.45) is 2.01. The van der Waals surface area contributed by atoms with Crippen molar-refractivity contribution < 1.29 is 14.3 Å². The number of rotatable bonds is 1. The normalized spacial score (nSPS) is 28.6. The van der Waals surface area contributed by atoms with Gasteiger partial charge in [0.15, 0.2) is 0 Å². The van der Waals surface area contributed by atoms with Crippen molar-refractivity contribution in [2.75, 3.05) is 7.11 Å². The summed E-state index contributed by atoms with van der Waals surface area (Å²) in [5, 5.41) is 0. The fourth-order valence-electron chi connectivity index (χ4n) is 3.63. The van der Waals surface area contributed by atoms with Crippen molar-refractivity contribution >= 4 is 5.97 Å². The first kappa shape index (κ1) is 12.5. The van der Waals surface area contributed by atoms with Crippen molar-refractivity contribution in [3.8, 4) is 5.75 Å². The third-order valence-electron chi connectivity index (χ3n) is 4.80. The van der Waals surface area contributed by atoms with E-state index >= 15 is 0 Å². The molecule has 0 saturated carbocycles. The van der Waals surface area contributed by atoms with E-state index in [-0.39, 0.29) is 18.0 Å². The van der Waals surface area contributed by atoms with Gasteiger partial charge < -0.3 is 9.47 Å². The Kier molecular flexibility index (Phi) is 2.80. The van der Waals surface area contributed by atoms with E-state index in [0.717, 1.165) is 24.2 Å². The van der Waals surface area contributed by atoms with E-state index in [1.54, 1.807) is 7.11 Å². The SMILES string of the molecule is COc1cc(C)c2c(c1C)[C@H]1OC(=O)[C@H](C)[C@H]1CC2. The standard InChI is InChI=1S/C16H20O3/c1-8-7-13(18-4)10(3)14-11(8)5-6-12-9(2)16(17)19-15(12)14/h7,9,12,15H,5-6H2,1-4H3/t9-,12-,15+/m1/s1. The maximum absolute atomic E-state index is 11.8. The predicted molar refractivity (Wildman–Crippen MR) is 72.3 cm³/mol. The monoisotopic (exact) mass is 260 g/mol. The molecule has 1 aromatic rings. The number of hydrogen-bond donors (Lipinski definition) is 0. The first-order valence-corrected chi connectivity index (χ1v) is 6.92. The minimum absolute atomic E-state index is 0.0176. The van der Waals surface area contributed by atoms with E-state index in [2.05, 4.69) is 19.9 Å². The molecule has 1 aliphatic heterocycles. The highest BCUT2D eigenvalue weighted by atomic mass is 16.6. The summed E-state index contributed by atoms with van der Waals surface area (Å²) < 4.78 is 11.1. The molecule has 1 saturated heterocycles. The minimum Gasteiger partial charge on any atom is -0.496 e. The van der Waals surface area contributed by atoms with Crippen molar-refractivity contribution in [1.29, 1.82) is 0 Å². The molecule has 1 aromatic carbocycles. The van der Waals surface area contributed by atoms with Crippen LogP contribution in [0.2, 0.25) is 0 Å². The molecule has 0 N–H and O–H groups in total. The quantitative estimate of drug-likeness (QED) is 0.728. The maximum Gasteiger partial charge on any atom is 0.309 e. The zero-order valence-corrected chi connectivity index (χ0v) is 11.9. The average molecular weight is 260 g/mol. The van der Waals surface area contributed by atoms with Crippen LogP contribution in [0.5, 0.6) is 5.75 Å². The van der Waals surface area contributed by atoms with Gasteiger partial charge in [-0.15, -0.1) is 0 Å². The van der Waals surface area contributed by atoms with Gasteiger partial charge in [0.25, 0.3) is 0 Å². The van der Waals surface area contributed by atoms with Crippen LogP contribution in [-0.4, -0.2) is 13.1 Å². The lowest BCUT2D eigenvalue weighted by Gasteiger charge is -2.31. The van der Waals surface area contributed by atoms with Gasteiger partial charge in [0.05, 0.1) is 13.0 Å². The number of fused-ring (bicyclic) bond motifs is 3. The number of carbonyl (C=O) groups excluding carboxylic acids is 1. The Balaban J connectivity index is 2.17. The molecule has 3 heteroatoms. The number of aryl methyl sites for hydroxylation is 1. The van der Waals surface area contributed by atoms with Gasteiger partial charge in [-0.3, -0.25) is 4.79 Å². The van der Waals surface area contributed by atoms with Crippen molar-refractivity contribution in [3.05, 3.63) is 28.3 Å². The topological polar surface area (TPSA) is 35.5 Å². The average Bonchev–Trinajstić information content (AvgIpc) is 2.69. The Hall–Kier alpha value is -1.51. The number of benzene rings is 1. The first-order valence-electron chi connectivity index (χ1n) is 6.92. The summed E-state index contributed by atoms with van der Waals surface area (Å²) in [5.41, 5.74) is 4.92. The highest BCUT2D eigenvalue weighted by molar-refractivity contribution is 5.76. The summed E-state index contributed by atoms with van der Waals surface area (Å²) in [6, 6.07) is 2.09. The maximum atomic E-state index is 11.8. The molecule has 3 nitrogen and oxygen atoms in total. The molecule has 1 fully saturated rings. The van der Waals surface area contributed by atoms with Crippen molar-refractivity contribution in [2.24, 2.45) is 11.8 Å². The van der Waals surface area contributed by atoms with Gasteiger partial charge in [0, 0.05) is 11.5 Å². The second-order valence-corrected chi connectivity index (χ2v) is 5.76. The number of carbonyl (C=O) groups is 1.